The minimum absolute atomic E-state index is 0.180. The van der Waals surface area contributed by atoms with Gasteiger partial charge in [0, 0.05) is 43.0 Å². The summed E-state index contributed by atoms with van der Waals surface area (Å²) in [5, 5.41) is 0. The molecule has 0 saturated carbocycles. The minimum atomic E-state index is -0.432. The van der Waals surface area contributed by atoms with Gasteiger partial charge in [-0.25, -0.2) is 4.79 Å². The number of hydrogen-bond donors (Lipinski definition) is 1. The SMILES string of the molecule is CC(C)(C)OC(=O)N1CC[C@]2(CCN(c3ccc(N)cc3)C2)C1. The number of amides is 1. The summed E-state index contributed by atoms with van der Waals surface area (Å²) in [5.41, 5.74) is 7.55. The first-order chi connectivity index (χ1) is 10.8. The van der Waals surface area contributed by atoms with Gasteiger partial charge in [-0.1, -0.05) is 0 Å². The van der Waals surface area contributed by atoms with Gasteiger partial charge in [-0.05, 0) is 57.9 Å². The molecule has 0 bridgehead atoms. The second-order valence-corrected chi connectivity index (χ2v) is 7.91. The van der Waals surface area contributed by atoms with E-state index in [9.17, 15) is 4.79 Å². The van der Waals surface area contributed by atoms with Crippen molar-refractivity contribution in [2.24, 2.45) is 5.41 Å². The van der Waals surface area contributed by atoms with Crippen molar-refractivity contribution in [3.8, 4) is 0 Å². The van der Waals surface area contributed by atoms with Gasteiger partial charge >= 0.3 is 6.09 Å². The zero-order valence-corrected chi connectivity index (χ0v) is 14.3. The van der Waals surface area contributed by atoms with Gasteiger partial charge in [0.15, 0.2) is 0 Å². The van der Waals surface area contributed by atoms with E-state index in [1.165, 1.54) is 5.69 Å². The Labute approximate surface area is 138 Å². The summed E-state index contributed by atoms with van der Waals surface area (Å²) in [6.07, 6.45) is 1.99. The number of hydrogen-bond acceptors (Lipinski definition) is 4. The van der Waals surface area contributed by atoms with Crippen molar-refractivity contribution in [2.45, 2.75) is 39.2 Å². The fourth-order valence-electron chi connectivity index (χ4n) is 3.59. The van der Waals surface area contributed by atoms with Gasteiger partial charge in [-0.2, -0.15) is 0 Å². The first-order valence-corrected chi connectivity index (χ1v) is 8.35. The third kappa shape index (κ3) is 3.54. The molecule has 126 valence electrons. The summed E-state index contributed by atoms with van der Waals surface area (Å²) in [5.74, 6) is 0. The average molecular weight is 317 g/mol. The molecule has 2 aliphatic rings. The molecule has 1 spiro atoms. The van der Waals surface area contributed by atoms with Crippen LogP contribution in [0.15, 0.2) is 24.3 Å². The normalized spacial score (nSPS) is 24.5. The van der Waals surface area contributed by atoms with E-state index in [0.29, 0.717) is 0 Å². The molecule has 0 aromatic heterocycles. The monoisotopic (exact) mass is 317 g/mol. The number of benzene rings is 1. The van der Waals surface area contributed by atoms with E-state index in [4.69, 9.17) is 10.5 Å². The van der Waals surface area contributed by atoms with E-state index < -0.39 is 5.60 Å². The van der Waals surface area contributed by atoms with Gasteiger partial charge in [0.2, 0.25) is 0 Å². The van der Waals surface area contributed by atoms with E-state index in [1.54, 1.807) is 0 Å². The van der Waals surface area contributed by atoms with Gasteiger partial charge in [0.1, 0.15) is 5.60 Å². The van der Waals surface area contributed by atoms with E-state index in [1.807, 2.05) is 37.8 Å². The molecule has 3 rings (SSSR count). The molecular formula is C18H27N3O2. The Balaban J connectivity index is 1.62. The number of rotatable bonds is 1. The Morgan fingerprint density at radius 1 is 1.13 bits per heavy atom. The van der Waals surface area contributed by atoms with Gasteiger partial charge in [-0.15, -0.1) is 0 Å². The Morgan fingerprint density at radius 3 is 2.43 bits per heavy atom. The molecule has 1 aromatic carbocycles. The quantitative estimate of drug-likeness (QED) is 0.809. The van der Waals surface area contributed by atoms with E-state index >= 15 is 0 Å². The zero-order valence-electron chi connectivity index (χ0n) is 14.3. The third-order valence-corrected chi connectivity index (χ3v) is 4.79. The van der Waals surface area contributed by atoms with Crippen molar-refractivity contribution in [3.05, 3.63) is 24.3 Å². The zero-order chi connectivity index (χ0) is 16.7. The molecule has 2 fully saturated rings. The number of ether oxygens (including phenoxy) is 1. The van der Waals surface area contributed by atoms with E-state index in [2.05, 4.69) is 17.0 Å². The highest BCUT2D eigenvalue weighted by Gasteiger charge is 2.45. The Morgan fingerprint density at radius 2 is 1.78 bits per heavy atom. The topological polar surface area (TPSA) is 58.8 Å². The maximum Gasteiger partial charge on any atom is 0.410 e. The third-order valence-electron chi connectivity index (χ3n) is 4.79. The molecule has 23 heavy (non-hydrogen) atoms. The van der Waals surface area contributed by atoms with Crippen LogP contribution in [0.3, 0.4) is 0 Å². The molecule has 0 radical (unpaired) electrons. The van der Waals surface area contributed by atoms with Gasteiger partial charge < -0.3 is 20.3 Å². The molecule has 2 saturated heterocycles. The van der Waals surface area contributed by atoms with Crippen LogP contribution < -0.4 is 10.6 Å². The van der Waals surface area contributed by atoms with Crippen molar-refractivity contribution >= 4 is 17.5 Å². The lowest BCUT2D eigenvalue weighted by atomic mass is 9.86. The Bertz CT molecular complexity index is 579. The number of carbonyl (C=O) groups excluding carboxylic acids is 1. The van der Waals surface area contributed by atoms with Crippen LogP contribution in [0.4, 0.5) is 16.2 Å². The van der Waals surface area contributed by atoms with Crippen molar-refractivity contribution < 1.29 is 9.53 Å². The fourth-order valence-corrected chi connectivity index (χ4v) is 3.59. The number of nitrogens with zero attached hydrogens (tertiary/aromatic N) is 2. The lowest BCUT2D eigenvalue weighted by Gasteiger charge is -2.27. The second-order valence-electron chi connectivity index (χ2n) is 7.91. The van der Waals surface area contributed by atoms with Crippen LogP contribution in [-0.4, -0.2) is 42.8 Å². The van der Waals surface area contributed by atoms with Crippen molar-refractivity contribution in [1.29, 1.82) is 0 Å². The standard InChI is InChI=1S/C18H27N3O2/c1-17(2,3)23-16(22)21-11-9-18(13-21)8-10-20(12-18)15-6-4-14(19)5-7-15/h4-7H,8-13,19H2,1-3H3/t18-/m0/s1. The fraction of sp³-hybridized carbons (Fsp3) is 0.611. The molecule has 5 heteroatoms. The number of carbonyl (C=O) groups is 1. The summed E-state index contributed by atoms with van der Waals surface area (Å²) in [6.45, 7) is 9.36. The summed E-state index contributed by atoms with van der Waals surface area (Å²) >= 11 is 0. The summed E-state index contributed by atoms with van der Waals surface area (Å²) in [6, 6.07) is 8.05. The summed E-state index contributed by atoms with van der Waals surface area (Å²) in [4.78, 5) is 16.5. The predicted molar refractivity (Wildman–Crippen MR) is 92.5 cm³/mol. The van der Waals surface area contributed by atoms with Crippen molar-refractivity contribution in [2.75, 3.05) is 36.8 Å². The van der Waals surface area contributed by atoms with Crippen LogP contribution in [0.25, 0.3) is 0 Å². The molecule has 2 N–H and O–H groups in total. The van der Waals surface area contributed by atoms with Crippen LogP contribution in [0, 0.1) is 5.41 Å². The minimum Gasteiger partial charge on any atom is -0.444 e. The maximum absolute atomic E-state index is 12.3. The van der Waals surface area contributed by atoms with E-state index in [0.717, 1.165) is 44.7 Å². The van der Waals surface area contributed by atoms with E-state index in [-0.39, 0.29) is 11.5 Å². The van der Waals surface area contributed by atoms with Crippen LogP contribution in [-0.2, 0) is 4.74 Å². The number of nitrogen functional groups attached to an aromatic ring is 1. The van der Waals surface area contributed by atoms with Crippen LogP contribution >= 0.6 is 0 Å². The van der Waals surface area contributed by atoms with Gasteiger partial charge in [-0.3, -0.25) is 0 Å². The summed E-state index contributed by atoms with van der Waals surface area (Å²) < 4.78 is 5.51. The van der Waals surface area contributed by atoms with Crippen molar-refractivity contribution in [3.63, 3.8) is 0 Å². The smallest absolute Gasteiger partial charge is 0.410 e. The molecule has 0 aliphatic carbocycles. The number of likely N-dealkylation sites (tertiary alicyclic amines) is 1. The Kier molecular flexibility index (Phi) is 3.90. The summed E-state index contributed by atoms with van der Waals surface area (Å²) in [7, 11) is 0. The molecule has 0 unspecified atom stereocenters. The highest BCUT2D eigenvalue weighted by molar-refractivity contribution is 5.68. The molecule has 1 aromatic rings. The van der Waals surface area contributed by atoms with Crippen molar-refractivity contribution in [1.82, 2.24) is 4.90 Å². The largest absolute Gasteiger partial charge is 0.444 e. The van der Waals surface area contributed by atoms with Gasteiger partial charge in [0.25, 0.3) is 0 Å². The molecular weight excluding hydrogens is 290 g/mol. The number of nitrogens with two attached hydrogens (primary N) is 1. The first kappa shape index (κ1) is 16.0. The number of anilines is 2. The molecule has 1 amide bonds. The highest BCUT2D eigenvalue weighted by Crippen LogP contribution is 2.41. The Hall–Kier alpha value is -1.91. The maximum atomic E-state index is 12.3. The molecule has 2 heterocycles. The lowest BCUT2D eigenvalue weighted by molar-refractivity contribution is 0.0276. The lowest BCUT2D eigenvalue weighted by Crippen LogP contribution is -2.37. The second kappa shape index (κ2) is 5.62. The van der Waals surface area contributed by atoms with Crippen LogP contribution in [0.2, 0.25) is 0 Å². The predicted octanol–water partition coefficient (Wildman–Crippen LogP) is 3.11. The molecule has 2 aliphatic heterocycles. The van der Waals surface area contributed by atoms with Crippen LogP contribution in [0.5, 0.6) is 0 Å². The average Bonchev–Trinajstić information content (AvgIpc) is 3.06. The van der Waals surface area contributed by atoms with Gasteiger partial charge in [0.05, 0.1) is 0 Å². The molecule has 1 atom stereocenters. The highest BCUT2D eigenvalue weighted by atomic mass is 16.6. The first-order valence-electron chi connectivity index (χ1n) is 8.35. The van der Waals surface area contributed by atoms with Crippen LogP contribution in [0.1, 0.15) is 33.6 Å². The molecule has 5 nitrogen and oxygen atoms in total.